The van der Waals surface area contributed by atoms with Gasteiger partial charge >= 0.3 is 0 Å². The molecule has 2 aromatic carbocycles. The first-order valence-corrected chi connectivity index (χ1v) is 9.76. The quantitative estimate of drug-likeness (QED) is 0.642. The summed E-state index contributed by atoms with van der Waals surface area (Å²) in [5.41, 5.74) is 1.60. The Kier molecular flexibility index (Phi) is 4.97. The first kappa shape index (κ1) is 20.5. The van der Waals surface area contributed by atoms with Gasteiger partial charge in [-0.05, 0) is 29.8 Å². The molecule has 1 aliphatic heterocycles. The monoisotopic (exact) mass is 420 g/mol. The zero-order valence-corrected chi connectivity index (χ0v) is 17.3. The standard InChI is InChI=1S/C24H21FN2O4/c1-24(2,3)22(29)19-20(15-4-8-16(25)9-5-15)27(23(30)21(19)28)17-10-6-14(7-11-17)18-12-13-31-26-18/h4-13,20,28H,1-3H3. The third kappa shape index (κ3) is 3.63. The second-order valence-electron chi connectivity index (χ2n) is 8.40. The van der Waals surface area contributed by atoms with E-state index in [-0.39, 0.29) is 11.4 Å². The van der Waals surface area contributed by atoms with E-state index in [0.29, 0.717) is 16.9 Å². The molecule has 0 saturated heterocycles. The summed E-state index contributed by atoms with van der Waals surface area (Å²) in [5.74, 6) is -2.06. The van der Waals surface area contributed by atoms with E-state index in [1.165, 1.54) is 35.4 Å². The van der Waals surface area contributed by atoms with E-state index in [4.69, 9.17) is 4.52 Å². The number of hydrogen-bond acceptors (Lipinski definition) is 5. The van der Waals surface area contributed by atoms with Crippen LogP contribution < -0.4 is 4.90 Å². The Morgan fingerprint density at radius 2 is 1.71 bits per heavy atom. The molecule has 1 aromatic heterocycles. The lowest BCUT2D eigenvalue weighted by molar-refractivity contribution is -0.123. The van der Waals surface area contributed by atoms with Gasteiger partial charge in [0.25, 0.3) is 5.91 Å². The van der Waals surface area contributed by atoms with Gasteiger partial charge in [-0.1, -0.05) is 50.2 Å². The molecule has 3 aromatic rings. The second-order valence-corrected chi connectivity index (χ2v) is 8.40. The van der Waals surface area contributed by atoms with E-state index in [1.807, 2.05) is 0 Å². The Hall–Kier alpha value is -3.74. The van der Waals surface area contributed by atoms with Crippen LogP contribution in [0.4, 0.5) is 10.1 Å². The molecular formula is C24H21FN2O4. The maximum atomic E-state index is 13.5. The van der Waals surface area contributed by atoms with Crippen LogP contribution in [0.25, 0.3) is 11.3 Å². The van der Waals surface area contributed by atoms with Crippen molar-refractivity contribution in [1.82, 2.24) is 5.16 Å². The van der Waals surface area contributed by atoms with Gasteiger partial charge in [0, 0.05) is 22.7 Å². The van der Waals surface area contributed by atoms with Crippen LogP contribution in [0.5, 0.6) is 0 Å². The van der Waals surface area contributed by atoms with E-state index in [2.05, 4.69) is 5.16 Å². The van der Waals surface area contributed by atoms with Crippen molar-refractivity contribution in [2.45, 2.75) is 26.8 Å². The van der Waals surface area contributed by atoms with E-state index >= 15 is 0 Å². The fourth-order valence-corrected chi connectivity index (χ4v) is 3.62. The van der Waals surface area contributed by atoms with Gasteiger partial charge in [0.1, 0.15) is 17.8 Å². The highest BCUT2D eigenvalue weighted by atomic mass is 19.1. The highest BCUT2D eigenvalue weighted by Crippen LogP contribution is 2.43. The third-order valence-corrected chi connectivity index (χ3v) is 5.20. The highest BCUT2D eigenvalue weighted by Gasteiger charge is 2.46. The summed E-state index contributed by atoms with van der Waals surface area (Å²) in [5, 5.41) is 14.6. The number of nitrogens with zero attached hydrogens (tertiary/aromatic N) is 2. The minimum atomic E-state index is -0.877. The zero-order valence-electron chi connectivity index (χ0n) is 17.3. The number of carbonyl (C=O) groups is 2. The first-order chi connectivity index (χ1) is 14.7. The molecule has 0 aliphatic carbocycles. The number of halogens is 1. The molecular weight excluding hydrogens is 399 g/mol. The number of ketones is 1. The fourth-order valence-electron chi connectivity index (χ4n) is 3.62. The fraction of sp³-hybridized carbons (Fsp3) is 0.208. The van der Waals surface area contributed by atoms with Crippen molar-refractivity contribution in [3.63, 3.8) is 0 Å². The van der Waals surface area contributed by atoms with Crippen molar-refractivity contribution in [3.8, 4) is 11.3 Å². The summed E-state index contributed by atoms with van der Waals surface area (Å²) in [4.78, 5) is 27.6. The lowest BCUT2D eigenvalue weighted by Crippen LogP contribution is -2.32. The molecule has 2 heterocycles. The molecule has 1 aliphatic rings. The van der Waals surface area contributed by atoms with Crippen LogP contribution in [-0.4, -0.2) is 22.0 Å². The molecule has 0 bridgehead atoms. The number of aromatic nitrogens is 1. The Balaban J connectivity index is 1.82. The molecule has 158 valence electrons. The van der Waals surface area contributed by atoms with Crippen LogP contribution in [0.15, 0.2) is 76.7 Å². The topological polar surface area (TPSA) is 83.6 Å². The van der Waals surface area contributed by atoms with Gasteiger partial charge in [-0.15, -0.1) is 0 Å². The largest absolute Gasteiger partial charge is 0.503 e. The number of amides is 1. The van der Waals surface area contributed by atoms with Gasteiger partial charge in [0.05, 0.1) is 11.6 Å². The van der Waals surface area contributed by atoms with E-state index < -0.39 is 28.9 Å². The molecule has 0 saturated carbocycles. The van der Waals surface area contributed by atoms with E-state index in [9.17, 15) is 19.1 Å². The number of aliphatic hydroxyl groups is 1. The summed E-state index contributed by atoms with van der Waals surface area (Å²) < 4.78 is 18.4. The van der Waals surface area contributed by atoms with Crippen molar-refractivity contribution in [3.05, 3.63) is 83.6 Å². The lowest BCUT2D eigenvalue weighted by atomic mass is 9.82. The van der Waals surface area contributed by atoms with Crippen molar-refractivity contribution >= 4 is 17.4 Å². The minimum absolute atomic E-state index is 0.00434. The van der Waals surface area contributed by atoms with Crippen LogP contribution in [-0.2, 0) is 9.59 Å². The molecule has 31 heavy (non-hydrogen) atoms. The number of Topliss-reactive ketones (excluding diaryl/α,β-unsaturated/α-hetero) is 1. The number of anilines is 1. The van der Waals surface area contributed by atoms with E-state index in [1.54, 1.807) is 51.1 Å². The Labute approximate surface area is 178 Å². The van der Waals surface area contributed by atoms with Crippen LogP contribution in [0.3, 0.4) is 0 Å². The number of carbonyl (C=O) groups excluding carboxylic acids is 2. The van der Waals surface area contributed by atoms with Crippen molar-refractivity contribution < 1.29 is 23.6 Å². The summed E-state index contributed by atoms with van der Waals surface area (Å²) in [6.45, 7) is 5.16. The maximum absolute atomic E-state index is 13.5. The SMILES string of the molecule is CC(C)(C)C(=O)C1=C(O)C(=O)N(c2ccc(-c3ccon3)cc2)C1c1ccc(F)cc1. The predicted molar refractivity (Wildman–Crippen MR) is 113 cm³/mol. The molecule has 0 radical (unpaired) electrons. The number of benzene rings is 2. The average molecular weight is 420 g/mol. The van der Waals surface area contributed by atoms with Crippen LogP contribution in [0.1, 0.15) is 32.4 Å². The Morgan fingerprint density at radius 3 is 2.26 bits per heavy atom. The zero-order chi connectivity index (χ0) is 22.3. The normalized spacial score (nSPS) is 16.8. The summed E-state index contributed by atoms with van der Waals surface area (Å²) in [7, 11) is 0. The van der Waals surface area contributed by atoms with Gasteiger partial charge in [-0.2, -0.15) is 0 Å². The molecule has 0 fully saturated rings. The van der Waals surface area contributed by atoms with Gasteiger partial charge in [-0.3, -0.25) is 14.5 Å². The predicted octanol–water partition coefficient (Wildman–Crippen LogP) is 5.00. The Bertz CT molecular complexity index is 1160. The number of rotatable bonds is 4. The second kappa shape index (κ2) is 7.50. The molecule has 1 unspecified atom stereocenters. The van der Waals surface area contributed by atoms with Gasteiger partial charge in [-0.25, -0.2) is 4.39 Å². The van der Waals surface area contributed by atoms with Crippen LogP contribution in [0, 0.1) is 11.2 Å². The van der Waals surface area contributed by atoms with Crippen molar-refractivity contribution in [2.75, 3.05) is 4.90 Å². The summed E-state index contributed by atoms with van der Waals surface area (Å²) >= 11 is 0. The van der Waals surface area contributed by atoms with Crippen LogP contribution >= 0.6 is 0 Å². The van der Waals surface area contributed by atoms with Crippen molar-refractivity contribution in [1.29, 1.82) is 0 Å². The minimum Gasteiger partial charge on any atom is -0.503 e. The summed E-state index contributed by atoms with van der Waals surface area (Å²) in [6, 6.07) is 13.3. The number of hydrogen-bond donors (Lipinski definition) is 1. The lowest BCUT2D eigenvalue weighted by Gasteiger charge is -2.29. The molecule has 1 amide bonds. The summed E-state index contributed by atoms with van der Waals surface area (Å²) in [6.07, 6.45) is 1.46. The number of aliphatic hydroxyl groups excluding tert-OH is 1. The molecule has 7 heteroatoms. The van der Waals surface area contributed by atoms with Crippen LogP contribution in [0.2, 0.25) is 0 Å². The van der Waals surface area contributed by atoms with Crippen molar-refractivity contribution in [2.24, 2.45) is 5.41 Å². The molecule has 4 rings (SSSR count). The van der Waals surface area contributed by atoms with Gasteiger partial charge < -0.3 is 9.63 Å². The van der Waals surface area contributed by atoms with Gasteiger partial charge in [0.2, 0.25) is 0 Å². The molecule has 0 spiro atoms. The maximum Gasteiger partial charge on any atom is 0.294 e. The molecule has 6 nitrogen and oxygen atoms in total. The highest BCUT2D eigenvalue weighted by molar-refractivity contribution is 6.17. The van der Waals surface area contributed by atoms with E-state index in [0.717, 1.165) is 5.56 Å². The Morgan fingerprint density at radius 1 is 1.06 bits per heavy atom. The molecule has 1 N–H and O–H groups in total. The average Bonchev–Trinajstić information content (AvgIpc) is 3.35. The third-order valence-electron chi connectivity index (χ3n) is 5.20. The molecule has 1 atom stereocenters. The first-order valence-electron chi connectivity index (χ1n) is 9.76. The smallest absolute Gasteiger partial charge is 0.294 e. The van der Waals surface area contributed by atoms with Gasteiger partial charge in [0.15, 0.2) is 11.5 Å².